The van der Waals surface area contributed by atoms with Gasteiger partial charge in [-0.1, -0.05) is 18.2 Å². The first-order chi connectivity index (χ1) is 5.02. The van der Waals surface area contributed by atoms with E-state index in [-0.39, 0.29) is 23.7 Å². The Labute approximate surface area is 76.0 Å². The topological polar surface area (TPSA) is 26.0 Å². The van der Waals surface area contributed by atoms with Gasteiger partial charge in [0, 0.05) is 18.2 Å². The van der Waals surface area contributed by atoms with Crippen LogP contribution in [0.15, 0.2) is 24.3 Å². The van der Waals surface area contributed by atoms with Crippen molar-refractivity contribution in [2.75, 3.05) is 5.73 Å². The van der Waals surface area contributed by atoms with Crippen molar-refractivity contribution in [3.05, 3.63) is 29.8 Å². The Morgan fingerprint density at radius 1 is 1.25 bits per heavy atom. The number of hydrogen-bond acceptors (Lipinski definition) is 1. The normalized spacial score (nSPS) is 10.6. The Bertz CT molecular complexity index is 257. The first-order valence-electron chi connectivity index (χ1n) is 3.24. The third-order valence-electron chi connectivity index (χ3n) is 1.43. The molecule has 0 unspecified atom stereocenters. The van der Waals surface area contributed by atoms with Gasteiger partial charge in [-0.2, -0.15) is 0 Å². The molecule has 0 aromatic heterocycles. The van der Waals surface area contributed by atoms with Gasteiger partial charge >= 0.3 is 0 Å². The quantitative estimate of drug-likeness (QED) is 0.682. The molecule has 0 amide bonds. The van der Waals surface area contributed by atoms with Crippen molar-refractivity contribution in [1.82, 2.24) is 0 Å². The maximum Gasteiger partial charge on any atom is 0.272 e. The molecule has 2 N–H and O–H groups in total. The summed E-state index contributed by atoms with van der Waals surface area (Å²) in [6.45, 7) is 0.832. The van der Waals surface area contributed by atoms with Gasteiger partial charge in [-0.05, 0) is 6.07 Å². The van der Waals surface area contributed by atoms with Crippen LogP contribution in [0.1, 0.15) is 12.5 Å². The number of alkyl halides is 2. The smallest absolute Gasteiger partial charge is 0.272 e. The molecule has 0 radical (unpaired) electrons. The van der Waals surface area contributed by atoms with Crippen molar-refractivity contribution >= 4 is 18.1 Å². The summed E-state index contributed by atoms with van der Waals surface area (Å²) in [5.41, 5.74) is 5.35. The number of nitrogen functional groups attached to an aromatic ring is 1. The van der Waals surface area contributed by atoms with E-state index < -0.39 is 5.92 Å². The molecule has 0 bridgehead atoms. The number of hydrogen-bond donors (Lipinski definition) is 1. The average Bonchev–Trinajstić information content (AvgIpc) is 1.86. The lowest BCUT2D eigenvalue weighted by Gasteiger charge is -2.12. The Balaban J connectivity index is 0.00000121. The molecule has 68 valence electrons. The van der Waals surface area contributed by atoms with Crippen LogP contribution in [0.25, 0.3) is 0 Å². The highest BCUT2D eigenvalue weighted by atomic mass is 35.5. The molecule has 0 spiro atoms. The Morgan fingerprint density at radius 2 is 1.75 bits per heavy atom. The van der Waals surface area contributed by atoms with Gasteiger partial charge < -0.3 is 5.73 Å². The predicted molar refractivity (Wildman–Crippen MR) is 47.7 cm³/mol. The number of rotatable bonds is 1. The van der Waals surface area contributed by atoms with Gasteiger partial charge in [0.15, 0.2) is 0 Å². The van der Waals surface area contributed by atoms with E-state index in [1.54, 1.807) is 12.1 Å². The zero-order valence-electron chi connectivity index (χ0n) is 6.55. The van der Waals surface area contributed by atoms with E-state index in [2.05, 4.69) is 0 Å². The Kier molecular flexibility index (Phi) is 3.46. The van der Waals surface area contributed by atoms with E-state index in [9.17, 15) is 8.78 Å². The van der Waals surface area contributed by atoms with Crippen LogP contribution in [0.4, 0.5) is 14.5 Å². The van der Waals surface area contributed by atoms with Crippen molar-refractivity contribution in [2.45, 2.75) is 12.8 Å². The monoisotopic (exact) mass is 193 g/mol. The van der Waals surface area contributed by atoms with E-state index in [0.29, 0.717) is 0 Å². The third kappa shape index (κ3) is 2.34. The SMILES string of the molecule is CC(F)(F)c1ccccc1N.Cl. The Morgan fingerprint density at radius 3 is 2.08 bits per heavy atom. The fourth-order valence-electron chi connectivity index (χ4n) is 0.897. The first kappa shape index (κ1) is 11.2. The second-order valence-corrected chi connectivity index (χ2v) is 2.48. The molecule has 0 aliphatic rings. The summed E-state index contributed by atoms with van der Waals surface area (Å²) >= 11 is 0. The molecule has 1 aromatic carbocycles. The molecule has 12 heavy (non-hydrogen) atoms. The van der Waals surface area contributed by atoms with Crippen molar-refractivity contribution in [1.29, 1.82) is 0 Å². The third-order valence-corrected chi connectivity index (χ3v) is 1.43. The number of para-hydroxylation sites is 1. The van der Waals surface area contributed by atoms with Crippen LogP contribution < -0.4 is 5.73 Å². The zero-order chi connectivity index (χ0) is 8.48. The van der Waals surface area contributed by atoms with Crippen LogP contribution >= 0.6 is 12.4 Å². The predicted octanol–water partition coefficient (Wildman–Crippen LogP) is 2.80. The van der Waals surface area contributed by atoms with Gasteiger partial charge in [0.05, 0.1) is 0 Å². The summed E-state index contributed by atoms with van der Waals surface area (Å²) in [6.07, 6.45) is 0. The van der Waals surface area contributed by atoms with Crippen molar-refractivity contribution in [2.24, 2.45) is 0 Å². The highest BCUT2D eigenvalue weighted by Gasteiger charge is 2.25. The number of halogens is 3. The van der Waals surface area contributed by atoms with Crippen LogP contribution in [0.2, 0.25) is 0 Å². The molecule has 4 heteroatoms. The van der Waals surface area contributed by atoms with E-state index in [1.807, 2.05) is 0 Å². The summed E-state index contributed by atoms with van der Waals surface area (Å²) in [7, 11) is 0. The van der Waals surface area contributed by atoms with Gasteiger partial charge in [-0.15, -0.1) is 12.4 Å². The lowest BCUT2D eigenvalue weighted by atomic mass is 10.1. The lowest BCUT2D eigenvalue weighted by molar-refractivity contribution is 0.0183. The molecule has 0 aliphatic carbocycles. The highest BCUT2D eigenvalue weighted by molar-refractivity contribution is 5.85. The van der Waals surface area contributed by atoms with E-state index in [0.717, 1.165) is 6.92 Å². The zero-order valence-corrected chi connectivity index (χ0v) is 7.37. The van der Waals surface area contributed by atoms with Gasteiger partial charge in [0.1, 0.15) is 0 Å². The van der Waals surface area contributed by atoms with Gasteiger partial charge in [-0.3, -0.25) is 0 Å². The molecule has 0 saturated heterocycles. The number of nitrogens with two attached hydrogens (primary N) is 1. The molecular weight excluding hydrogens is 184 g/mol. The number of anilines is 1. The van der Waals surface area contributed by atoms with Crippen molar-refractivity contribution in [3.63, 3.8) is 0 Å². The van der Waals surface area contributed by atoms with Crippen LogP contribution in [-0.4, -0.2) is 0 Å². The van der Waals surface area contributed by atoms with Crippen molar-refractivity contribution < 1.29 is 8.78 Å². The van der Waals surface area contributed by atoms with Crippen LogP contribution in [0.3, 0.4) is 0 Å². The Hall–Kier alpha value is -0.830. The van der Waals surface area contributed by atoms with Crippen LogP contribution in [-0.2, 0) is 5.92 Å². The highest BCUT2D eigenvalue weighted by Crippen LogP contribution is 2.30. The van der Waals surface area contributed by atoms with Gasteiger partial charge in [-0.25, -0.2) is 8.78 Å². The fraction of sp³-hybridized carbons (Fsp3) is 0.250. The lowest BCUT2D eigenvalue weighted by Crippen LogP contribution is -2.09. The van der Waals surface area contributed by atoms with Crippen LogP contribution in [0, 0.1) is 0 Å². The van der Waals surface area contributed by atoms with Crippen LogP contribution in [0.5, 0.6) is 0 Å². The summed E-state index contributed by atoms with van der Waals surface area (Å²) in [4.78, 5) is 0. The molecule has 0 atom stereocenters. The molecule has 0 heterocycles. The molecule has 0 fully saturated rings. The minimum absolute atomic E-state index is 0. The molecule has 0 saturated carbocycles. The van der Waals surface area contributed by atoms with E-state index in [4.69, 9.17) is 5.73 Å². The summed E-state index contributed by atoms with van der Waals surface area (Å²) in [5, 5.41) is 0. The maximum absolute atomic E-state index is 12.6. The molecule has 1 aromatic rings. The minimum Gasteiger partial charge on any atom is -0.398 e. The summed E-state index contributed by atoms with van der Waals surface area (Å²) in [6, 6.07) is 5.97. The maximum atomic E-state index is 12.6. The molecular formula is C8H10ClF2N. The van der Waals surface area contributed by atoms with Gasteiger partial charge in [0.2, 0.25) is 0 Å². The van der Waals surface area contributed by atoms with E-state index in [1.165, 1.54) is 12.1 Å². The van der Waals surface area contributed by atoms with Crippen molar-refractivity contribution in [3.8, 4) is 0 Å². The molecule has 0 aliphatic heterocycles. The minimum atomic E-state index is -2.84. The standard InChI is InChI=1S/C8H9F2N.ClH/c1-8(9,10)6-4-2-3-5-7(6)11;/h2-5H,11H2,1H3;1H. The number of benzene rings is 1. The van der Waals surface area contributed by atoms with E-state index >= 15 is 0 Å². The average molecular weight is 194 g/mol. The summed E-state index contributed by atoms with van der Waals surface area (Å²) < 4.78 is 25.3. The second kappa shape index (κ2) is 3.72. The molecule has 1 rings (SSSR count). The molecule has 1 nitrogen and oxygen atoms in total. The summed E-state index contributed by atoms with van der Waals surface area (Å²) in [5.74, 6) is -2.84. The first-order valence-corrected chi connectivity index (χ1v) is 3.24. The fourth-order valence-corrected chi connectivity index (χ4v) is 0.897. The largest absolute Gasteiger partial charge is 0.398 e. The second-order valence-electron chi connectivity index (χ2n) is 2.48. The van der Waals surface area contributed by atoms with Gasteiger partial charge in [0.25, 0.3) is 5.92 Å².